The van der Waals surface area contributed by atoms with Gasteiger partial charge in [0.05, 0.1) is 99.1 Å². The van der Waals surface area contributed by atoms with Gasteiger partial charge in [-0.3, -0.25) is 0 Å². The predicted octanol–water partition coefficient (Wildman–Crippen LogP) is 3.60. The van der Waals surface area contributed by atoms with Gasteiger partial charge in [-0.25, -0.2) is 4.79 Å². The molecule has 0 aliphatic heterocycles. The number of unbranched alkanes of at least 4 members (excludes halogenated alkanes) is 6. The zero-order chi connectivity index (χ0) is 27.6. The van der Waals surface area contributed by atoms with Gasteiger partial charge in [-0.15, -0.1) is 0 Å². The molecule has 0 aromatic carbocycles. The third kappa shape index (κ3) is 32.9. The number of ether oxygens (including phenoxy) is 9. The Morgan fingerprint density at radius 3 is 1.08 bits per heavy atom. The minimum atomic E-state index is -0.452. The highest BCUT2D eigenvalue weighted by Gasteiger charge is 1.97. The van der Waals surface area contributed by atoms with E-state index < -0.39 is 5.97 Å². The first-order valence-corrected chi connectivity index (χ1v) is 14.2. The Kier molecular flexibility index (Phi) is 32.9. The molecule has 0 spiro atoms. The molecule has 0 saturated heterocycles. The van der Waals surface area contributed by atoms with E-state index in [2.05, 4.69) is 13.5 Å². The van der Waals surface area contributed by atoms with Gasteiger partial charge >= 0.3 is 5.97 Å². The molecule has 0 aliphatic rings. The lowest BCUT2D eigenvalue weighted by Crippen LogP contribution is -2.15. The molecule has 0 aliphatic carbocycles. The zero-order valence-electron chi connectivity index (χ0n) is 23.8. The van der Waals surface area contributed by atoms with Gasteiger partial charge in [0, 0.05) is 12.7 Å². The molecule has 0 N–H and O–H groups in total. The molecule has 0 saturated carbocycles. The normalized spacial score (nSPS) is 11.2. The molecular formula is C28H54O10. The second-order valence-corrected chi connectivity index (χ2v) is 8.39. The largest absolute Gasteiger partial charge is 0.460 e. The van der Waals surface area contributed by atoms with Gasteiger partial charge < -0.3 is 42.6 Å². The predicted molar refractivity (Wildman–Crippen MR) is 146 cm³/mol. The highest BCUT2D eigenvalue weighted by Crippen LogP contribution is 2.06. The maximum Gasteiger partial charge on any atom is 0.330 e. The number of rotatable bonds is 33. The van der Waals surface area contributed by atoms with Crippen LogP contribution in [0.3, 0.4) is 0 Å². The lowest BCUT2D eigenvalue weighted by molar-refractivity contribution is -0.139. The zero-order valence-corrected chi connectivity index (χ0v) is 23.8. The standard InChI is InChI=1S/C28H54O10/c1-3-5-6-7-8-9-10-11-30-12-13-31-14-15-32-16-17-33-18-19-34-20-21-35-22-23-36-24-25-37-26-27-38-28(29)4-2/h4H,2-3,5-27H2,1H3. The van der Waals surface area contributed by atoms with Crippen LogP contribution < -0.4 is 0 Å². The topological polar surface area (TPSA) is 100 Å². The van der Waals surface area contributed by atoms with Crippen molar-refractivity contribution in [2.45, 2.75) is 51.9 Å². The number of hydrogen-bond acceptors (Lipinski definition) is 10. The number of carbonyl (C=O) groups is 1. The maximum absolute atomic E-state index is 10.8. The van der Waals surface area contributed by atoms with Crippen LogP contribution in [0.15, 0.2) is 12.7 Å². The highest BCUT2D eigenvalue weighted by molar-refractivity contribution is 5.81. The summed E-state index contributed by atoms with van der Waals surface area (Å²) in [6, 6.07) is 0. The van der Waals surface area contributed by atoms with E-state index in [1.165, 1.54) is 38.5 Å². The van der Waals surface area contributed by atoms with Gasteiger partial charge in [0.2, 0.25) is 0 Å². The summed E-state index contributed by atoms with van der Waals surface area (Å²) in [5.41, 5.74) is 0. The van der Waals surface area contributed by atoms with Crippen molar-refractivity contribution < 1.29 is 47.4 Å². The van der Waals surface area contributed by atoms with Crippen LogP contribution in [-0.4, -0.2) is 118 Å². The molecule has 0 rings (SSSR count). The Labute approximate surface area is 230 Å². The smallest absolute Gasteiger partial charge is 0.330 e. The molecule has 0 aromatic rings. The van der Waals surface area contributed by atoms with Crippen molar-refractivity contribution in [3.63, 3.8) is 0 Å². The Balaban J connectivity index is 3.04. The van der Waals surface area contributed by atoms with Crippen LogP contribution in [0, 0.1) is 0 Å². The van der Waals surface area contributed by atoms with E-state index in [1.54, 1.807) is 0 Å². The van der Waals surface area contributed by atoms with E-state index >= 15 is 0 Å². The first kappa shape index (κ1) is 36.9. The van der Waals surface area contributed by atoms with Crippen LogP contribution in [-0.2, 0) is 47.4 Å². The summed E-state index contributed by atoms with van der Waals surface area (Å²) in [6.45, 7) is 14.3. The molecule has 10 heteroatoms. The molecule has 0 aromatic heterocycles. The van der Waals surface area contributed by atoms with Crippen LogP contribution in [0.5, 0.6) is 0 Å². The first-order valence-electron chi connectivity index (χ1n) is 14.2. The molecule has 0 unspecified atom stereocenters. The molecular weight excluding hydrogens is 496 g/mol. The highest BCUT2D eigenvalue weighted by atomic mass is 16.6. The van der Waals surface area contributed by atoms with Gasteiger partial charge in [-0.2, -0.15) is 0 Å². The van der Waals surface area contributed by atoms with Crippen molar-refractivity contribution >= 4 is 5.97 Å². The Morgan fingerprint density at radius 1 is 0.447 bits per heavy atom. The summed E-state index contributed by atoms with van der Waals surface area (Å²) in [4.78, 5) is 10.8. The second-order valence-electron chi connectivity index (χ2n) is 8.39. The Bertz CT molecular complexity index is 479. The van der Waals surface area contributed by atoms with E-state index in [0.29, 0.717) is 99.1 Å². The van der Waals surface area contributed by atoms with Crippen molar-refractivity contribution in [3.05, 3.63) is 12.7 Å². The molecule has 0 atom stereocenters. The van der Waals surface area contributed by atoms with Gasteiger partial charge in [-0.05, 0) is 6.42 Å². The summed E-state index contributed by atoms with van der Waals surface area (Å²) in [5.74, 6) is -0.452. The lowest BCUT2D eigenvalue weighted by atomic mass is 10.1. The van der Waals surface area contributed by atoms with Crippen molar-refractivity contribution in [1.82, 2.24) is 0 Å². The lowest BCUT2D eigenvalue weighted by Gasteiger charge is -2.09. The second kappa shape index (κ2) is 33.9. The van der Waals surface area contributed by atoms with Gasteiger partial charge in [0.15, 0.2) is 0 Å². The molecule has 0 amide bonds. The molecule has 38 heavy (non-hydrogen) atoms. The van der Waals surface area contributed by atoms with Crippen LogP contribution in [0.4, 0.5) is 0 Å². The Hall–Kier alpha value is -1.11. The van der Waals surface area contributed by atoms with Crippen LogP contribution in [0.1, 0.15) is 51.9 Å². The molecule has 226 valence electrons. The third-order valence-corrected chi connectivity index (χ3v) is 5.13. The molecule has 0 bridgehead atoms. The van der Waals surface area contributed by atoms with E-state index in [-0.39, 0.29) is 6.61 Å². The van der Waals surface area contributed by atoms with E-state index in [0.717, 1.165) is 19.1 Å². The van der Waals surface area contributed by atoms with E-state index in [4.69, 9.17) is 42.6 Å². The number of carbonyl (C=O) groups excluding carboxylic acids is 1. The summed E-state index contributed by atoms with van der Waals surface area (Å²) in [5, 5.41) is 0. The fraction of sp³-hybridized carbons (Fsp3) is 0.893. The van der Waals surface area contributed by atoms with E-state index in [1.807, 2.05) is 0 Å². The number of esters is 1. The Morgan fingerprint density at radius 2 is 0.737 bits per heavy atom. The van der Waals surface area contributed by atoms with Crippen molar-refractivity contribution in [2.75, 3.05) is 112 Å². The average Bonchev–Trinajstić information content (AvgIpc) is 2.93. The molecule has 0 radical (unpaired) electrons. The first-order chi connectivity index (χ1) is 18.8. The van der Waals surface area contributed by atoms with Gasteiger partial charge in [0.1, 0.15) is 6.61 Å². The molecule has 0 heterocycles. The van der Waals surface area contributed by atoms with Crippen molar-refractivity contribution in [2.24, 2.45) is 0 Å². The van der Waals surface area contributed by atoms with Crippen LogP contribution >= 0.6 is 0 Å². The van der Waals surface area contributed by atoms with E-state index in [9.17, 15) is 4.79 Å². The minimum absolute atomic E-state index is 0.207. The monoisotopic (exact) mass is 550 g/mol. The molecule has 0 fully saturated rings. The number of hydrogen-bond donors (Lipinski definition) is 0. The fourth-order valence-electron chi connectivity index (χ4n) is 3.06. The van der Waals surface area contributed by atoms with Crippen molar-refractivity contribution in [3.8, 4) is 0 Å². The van der Waals surface area contributed by atoms with Gasteiger partial charge in [0.25, 0.3) is 0 Å². The summed E-state index contributed by atoms with van der Waals surface area (Å²) >= 11 is 0. The fourth-order valence-corrected chi connectivity index (χ4v) is 3.06. The summed E-state index contributed by atoms with van der Waals surface area (Å²) in [6.07, 6.45) is 10.2. The van der Waals surface area contributed by atoms with Crippen LogP contribution in [0.2, 0.25) is 0 Å². The SMILES string of the molecule is C=CC(=O)OCCOCCOCCOCCOCCOCCOCCOCCOCCCCCCCCC. The van der Waals surface area contributed by atoms with Gasteiger partial charge in [-0.1, -0.05) is 52.0 Å². The third-order valence-electron chi connectivity index (χ3n) is 5.13. The van der Waals surface area contributed by atoms with Crippen molar-refractivity contribution in [1.29, 1.82) is 0 Å². The summed E-state index contributed by atoms with van der Waals surface area (Å²) in [7, 11) is 0. The average molecular weight is 551 g/mol. The quantitative estimate of drug-likeness (QED) is 0.0684. The molecule has 10 nitrogen and oxygen atoms in total. The van der Waals surface area contributed by atoms with Crippen LogP contribution in [0.25, 0.3) is 0 Å². The summed E-state index contributed by atoms with van der Waals surface area (Å²) < 4.78 is 48.3. The minimum Gasteiger partial charge on any atom is -0.460 e. The maximum atomic E-state index is 10.8.